The second-order valence-electron chi connectivity index (χ2n) is 4.49. The van der Waals surface area contributed by atoms with Crippen LogP contribution in [0, 0.1) is 5.92 Å². The number of carbonyl (C=O) groups excluding carboxylic acids is 1. The highest BCUT2D eigenvalue weighted by Gasteiger charge is 2.25. The molecule has 17 heavy (non-hydrogen) atoms. The van der Waals surface area contributed by atoms with Gasteiger partial charge in [0, 0.05) is 7.11 Å². The predicted molar refractivity (Wildman–Crippen MR) is 63.5 cm³/mol. The largest absolute Gasteiger partial charge is 0.375 e. The van der Waals surface area contributed by atoms with Crippen LogP contribution in [0.15, 0.2) is 0 Å². The lowest BCUT2D eigenvalue weighted by molar-refractivity contribution is 0.0953. The summed E-state index contributed by atoms with van der Waals surface area (Å²) in [6.45, 7) is 8.03. The summed E-state index contributed by atoms with van der Waals surface area (Å²) in [6, 6.07) is 0.128. The molecule has 2 atom stereocenters. The van der Waals surface area contributed by atoms with Crippen molar-refractivity contribution < 1.29 is 9.53 Å². The molecule has 1 aromatic rings. The van der Waals surface area contributed by atoms with E-state index in [0.29, 0.717) is 11.6 Å². The molecule has 1 heterocycles. The first-order valence-corrected chi connectivity index (χ1v) is 5.67. The maximum Gasteiger partial charge on any atom is 0.271 e. The van der Waals surface area contributed by atoms with E-state index >= 15 is 0 Å². The Hall–Kier alpha value is -1.43. The van der Waals surface area contributed by atoms with Crippen LogP contribution < -0.4 is 5.73 Å². The smallest absolute Gasteiger partial charge is 0.271 e. The van der Waals surface area contributed by atoms with E-state index in [0.717, 1.165) is 0 Å². The number of primary amides is 1. The third-order valence-corrected chi connectivity index (χ3v) is 3.05. The maximum atomic E-state index is 11.3. The molecule has 0 spiro atoms. The first-order chi connectivity index (χ1) is 7.90. The summed E-state index contributed by atoms with van der Waals surface area (Å²) in [4.78, 5) is 11.3. The van der Waals surface area contributed by atoms with Gasteiger partial charge >= 0.3 is 0 Å². The van der Waals surface area contributed by atoms with Crippen molar-refractivity contribution in [2.75, 3.05) is 7.11 Å². The third-order valence-electron chi connectivity index (χ3n) is 3.05. The van der Waals surface area contributed by atoms with Gasteiger partial charge in [-0.1, -0.05) is 19.1 Å². The Morgan fingerprint density at radius 2 is 1.94 bits per heavy atom. The van der Waals surface area contributed by atoms with Crippen LogP contribution in [0.25, 0.3) is 0 Å². The molecule has 0 saturated carbocycles. The zero-order chi connectivity index (χ0) is 13.2. The highest BCUT2D eigenvalue weighted by Crippen LogP contribution is 2.25. The number of nitrogens with two attached hydrogens (primary N) is 1. The molecule has 0 aliphatic heterocycles. The maximum absolute atomic E-state index is 11.3. The summed E-state index contributed by atoms with van der Waals surface area (Å²) in [5.74, 6) is -0.202. The Morgan fingerprint density at radius 3 is 2.35 bits per heavy atom. The SMILES string of the molecule is COC(C)c1c(C(N)=O)nnn1C(C)C(C)C. The van der Waals surface area contributed by atoms with Crippen LogP contribution in [0.2, 0.25) is 0 Å². The van der Waals surface area contributed by atoms with Crippen LogP contribution in [0.4, 0.5) is 0 Å². The molecular formula is C11H20N4O2. The topological polar surface area (TPSA) is 83.0 Å². The van der Waals surface area contributed by atoms with Gasteiger partial charge in [0.25, 0.3) is 5.91 Å². The summed E-state index contributed by atoms with van der Waals surface area (Å²) < 4.78 is 6.97. The van der Waals surface area contributed by atoms with E-state index in [-0.39, 0.29) is 17.8 Å². The van der Waals surface area contributed by atoms with Crippen LogP contribution in [0.1, 0.15) is 56.0 Å². The second kappa shape index (κ2) is 5.27. The molecular weight excluding hydrogens is 220 g/mol. The molecule has 0 aliphatic rings. The fraction of sp³-hybridized carbons (Fsp3) is 0.727. The van der Waals surface area contributed by atoms with Gasteiger partial charge in [-0.15, -0.1) is 5.10 Å². The molecule has 1 amide bonds. The Kier molecular flexibility index (Phi) is 4.22. The highest BCUT2D eigenvalue weighted by atomic mass is 16.5. The average molecular weight is 240 g/mol. The van der Waals surface area contributed by atoms with Crippen molar-refractivity contribution in [3.8, 4) is 0 Å². The monoisotopic (exact) mass is 240 g/mol. The minimum atomic E-state index is -0.578. The summed E-state index contributed by atoms with van der Waals surface area (Å²) in [5.41, 5.74) is 6.11. The summed E-state index contributed by atoms with van der Waals surface area (Å²) in [6.07, 6.45) is -0.270. The standard InChI is InChI=1S/C11H20N4O2/c1-6(2)7(3)15-10(8(4)17-5)9(11(12)16)13-14-15/h6-8H,1-5H3,(H2,12,16). The van der Waals surface area contributed by atoms with Crippen molar-refractivity contribution >= 4 is 5.91 Å². The van der Waals surface area contributed by atoms with E-state index in [2.05, 4.69) is 24.2 Å². The van der Waals surface area contributed by atoms with E-state index < -0.39 is 5.91 Å². The van der Waals surface area contributed by atoms with Crippen LogP contribution >= 0.6 is 0 Å². The van der Waals surface area contributed by atoms with Crippen LogP contribution in [0.3, 0.4) is 0 Å². The van der Waals surface area contributed by atoms with Crippen molar-refractivity contribution in [2.45, 2.75) is 39.8 Å². The van der Waals surface area contributed by atoms with Crippen LogP contribution in [-0.4, -0.2) is 28.0 Å². The van der Waals surface area contributed by atoms with E-state index in [4.69, 9.17) is 10.5 Å². The van der Waals surface area contributed by atoms with Gasteiger partial charge in [-0.25, -0.2) is 4.68 Å². The van der Waals surface area contributed by atoms with Crippen molar-refractivity contribution in [1.82, 2.24) is 15.0 Å². The summed E-state index contributed by atoms with van der Waals surface area (Å²) in [5, 5.41) is 7.86. The van der Waals surface area contributed by atoms with Crippen molar-refractivity contribution in [3.63, 3.8) is 0 Å². The highest BCUT2D eigenvalue weighted by molar-refractivity contribution is 5.91. The van der Waals surface area contributed by atoms with Gasteiger partial charge in [0.2, 0.25) is 0 Å². The first-order valence-electron chi connectivity index (χ1n) is 5.67. The van der Waals surface area contributed by atoms with Gasteiger partial charge in [-0.05, 0) is 19.8 Å². The Morgan fingerprint density at radius 1 is 1.35 bits per heavy atom. The zero-order valence-electron chi connectivity index (χ0n) is 11.0. The van der Waals surface area contributed by atoms with Gasteiger partial charge in [0.1, 0.15) is 5.69 Å². The molecule has 0 aromatic carbocycles. The predicted octanol–water partition coefficient (Wildman–Crippen LogP) is 1.30. The summed E-state index contributed by atoms with van der Waals surface area (Å²) in [7, 11) is 1.58. The Bertz CT molecular complexity index is 400. The molecule has 6 heteroatoms. The number of hydrogen-bond donors (Lipinski definition) is 1. The number of ether oxygens (including phenoxy) is 1. The molecule has 2 N–H and O–H groups in total. The lowest BCUT2D eigenvalue weighted by Crippen LogP contribution is -2.21. The number of hydrogen-bond acceptors (Lipinski definition) is 4. The molecule has 0 fully saturated rings. The van der Waals surface area contributed by atoms with E-state index in [9.17, 15) is 4.79 Å². The molecule has 1 rings (SSSR count). The van der Waals surface area contributed by atoms with Gasteiger partial charge in [0.15, 0.2) is 5.69 Å². The molecule has 0 aliphatic carbocycles. The molecule has 6 nitrogen and oxygen atoms in total. The van der Waals surface area contributed by atoms with Crippen molar-refractivity contribution in [2.24, 2.45) is 11.7 Å². The van der Waals surface area contributed by atoms with Gasteiger partial charge < -0.3 is 10.5 Å². The quantitative estimate of drug-likeness (QED) is 0.840. The van der Waals surface area contributed by atoms with E-state index in [1.54, 1.807) is 11.8 Å². The van der Waals surface area contributed by atoms with Crippen LogP contribution in [0.5, 0.6) is 0 Å². The number of rotatable bonds is 5. The van der Waals surface area contributed by atoms with Crippen molar-refractivity contribution in [3.05, 3.63) is 11.4 Å². The second-order valence-corrected chi connectivity index (χ2v) is 4.49. The average Bonchev–Trinajstić information content (AvgIpc) is 2.71. The fourth-order valence-corrected chi connectivity index (χ4v) is 1.55. The number of amides is 1. The molecule has 96 valence electrons. The zero-order valence-corrected chi connectivity index (χ0v) is 11.0. The lowest BCUT2D eigenvalue weighted by Gasteiger charge is -2.20. The minimum absolute atomic E-state index is 0.128. The molecule has 0 radical (unpaired) electrons. The Balaban J connectivity index is 3.27. The number of nitrogens with zero attached hydrogens (tertiary/aromatic N) is 3. The number of methoxy groups -OCH3 is 1. The fourth-order valence-electron chi connectivity index (χ4n) is 1.55. The number of carbonyl (C=O) groups is 1. The van der Waals surface area contributed by atoms with E-state index in [1.807, 2.05) is 13.8 Å². The van der Waals surface area contributed by atoms with Crippen LogP contribution in [-0.2, 0) is 4.74 Å². The minimum Gasteiger partial charge on any atom is -0.375 e. The first kappa shape index (κ1) is 13.6. The van der Waals surface area contributed by atoms with Gasteiger partial charge in [-0.3, -0.25) is 4.79 Å². The molecule has 1 aromatic heterocycles. The lowest BCUT2D eigenvalue weighted by atomic mass is 10.1. The Labute approximate surface area is 101 Å². The van der Waals surface area contributed by atoms with Crippen molar-refractivity contribution in [1.29, 1.82) is 0 Å². The van der Waals surface area contributed by atoms with E-state index in [1.165, 1.54) is 0 Å². The number of aromatic nitrogens is 3. The third kappa shape index (κ3) is 2.63. The molecule has 0 bridgehead atoms. The summed E-state index contributed by atoms with van der Waals surface area (Å²) >= 11 is 0. The molecule has 0 saturated heterocycles. The van der Waals surface area contributed by atoms with Gasteiger partial charge in [-0.2, -0.15) is 0 Å². The normalized spacial score (nSPS) is 14.9. The van der Waals surface area contributed by atoms with Gasteiger partial charge in [0.05, 0.1) is 12.1 Å². The molecule has 2 unspecified atom stereocenters.